The van der Waals surface area contributed by atoms with Gasteiger partial charge in [-0.2, -0.15) is 0 Å². The molecule has 0 saturated carbocycles. The van der Waals surface area contributed by atoms with Crippen LogP contribution in [0, 0.1) is 0 Å². The monoisotopic (exact) mass is 200 g/mol. The van der Waals surface area contributed by atoms with Gasteiger partial charge >= 0.3 is 0 Å². The van der Waals surface area contributed by atoms with E-state index >= 15 is 0 Å². The second kappa shape index (κ2) is 7.05. The lowest BCUT2D eigenvalue weighted by Gasteiger charge is -2.02. The van der Waals surface area contributed by atoms with Crippen LogP contribution in [0.15, 0.2) is 42.5 Å². The molecule has 0 heteroatoms. The molecule has 0 saturated heterocycles. The summed E-state index contributed by atoms with van der Waals surface area (Å²) in [4.78, 5) is 0. The van der Waals surface area contributed by atoms with Crippen LogP contribution >= 0.6 is 0 Å². The fourth-order valence-electron chi connectivity index (χ4n) is 1.50. The van der Waals surface area contributed by atoms with E-state index in [1.807, 2.05) is 0 Å². The maximum Gasteiger partial charge on any atom is -0.00916 e. The smallest absolute Gasteiger partial charge is 0.00916 e. The Morgan fingerprint density at radius 3 is 2.67 bits per heavy atom. The number of hydrogen-bond acceptors (Lipinski definition) is 0. The maximum absolute atomic E-state index is 2.26. The van der Waals surface area contributed by atoms with Crippen LogP contribution in [-0.4, -0.2) is 0 Å². The first-order chi connectivity index (χ1) is 7.38. The molecule has 15 heavy (non-hydrogen) atoms. The molecule has 1 rings (SSSR count). The Hall–Kier alpha value is -1.30. The van der Waals surface area contributed by atoms with E-state index in [0.717, 1.165) is 12.8 Å². The molecule has 0 nitrogen and oxygen atoms in total. The van der Waals surface area contributed by atoms with Gasteiger partial charge in [-0.1, -0.05) is 61.9 Å². The van der Waals surface area contributed by atoms with E-state index in [4.69, 9.17) is 0 Å². The third kappa shape index (κ3) is 4.16. The third-order valence-electron chi connectivity index (χ3n) is 2.38. The Kier molecular flexibility index (Phi) is 5.54. The highest BCUT2D eigenvalue weighted by atomic mass is 14.0. The standard InChI is InChI=1S/C15H20/c1-3-5-7-11-15-13-9-8-12-14(15)10-6-4-2/h4,6-9,11-13H,3,5,10H2,1-2H3/b6-4+,11-7+. The van der Waals surface area contributed by atoms with E-state index in [9.17, 15) is 0 Å². The summed E-state index contributed by atoms with van der Waals surface area (Å²) in [6.07, 6.45) is 12.2. The molecule has 0 aliphatic carbocycles. The van der Waals surface area contributed by atoms with E-state index < -0.39 is 0 Å². The predicted octanol–water partition coefficient (Wildman–Crippen LogP) is 4.62. The van der Waals surface area contributed by atoms with Gasteiger partial charge in [0.25, 0.3) is 0 Å². The molecule has 0 spiro atoms. The van der Waals surface area contributed by atoms with Gasteiger partial charge in [0.05, 0.1) is 0 Å². The minimum atomic E-state index is 1.03. The molecule has 0 aliphatic rings. The van der Waals surface area contributed by atoms with E-state index in [0.29, 0.717) is 0 Å². The van der Waals surface area contributed by atoms with Gasteiger partial charge in [-0.3, -0.25) is 0 Å². The normalized spacial score (nSPS) is 11.6. The summed E-state index contributed by atoms with van der Waals surface area (Å²) in [6.45, 7) is 4.27. The lowest BCUT2D eigenvalue weighted by molar-refractivity contribution is 0.962. The molecule has 0 radical (unpaired) electrons. The Balaban J connectivity index is 2.76. The molecule has 0 heterocycles. The largest absolute Gasteiger partial charge is 0.0913 e. The zero-order chi connectivity index (χ0) is 10.9. The first-order valence-corrected chi connectivity index (χ1v) is 5.74. The van der Waals surface area contributed by atoms with Gasteiger partial charge in [0.1, 0.15) is 0 Å². The van der Waals surface area contributed by atoms with Crippen LogP contribution in [0.2, 0.25) is 0 Å². The maximum atomic E-state index is 2.26. The van der Waals surface area contributed by atoms with Crippen LogP contribution in [-0.2, 0) is 6.42 Å². The fourth-order valence-corrected chi connectivity index (χ4v) is 1.50. The number of hydrogen-bond donors (Lipinski definition) is 0. The molecule has 80 valence electrons. The lowest BCUT2D eigenvalue weighted by Crippen LogP contribution is -1.85. The summed E-state index contributed by atoms with van der Waals surface area (Å²) in [7, 11) is 0. The summed E-state index contributed by atoms with van der Waals surface area (Å²) in [6, 6.07) is 8.59. The SMILES string of the molecule is C/C=C/Cc1ccccc1/C=C/CCC. The summed E-state index contributed by atoms with van der Waals surface area (Å²) in [5.74, 6) is 0. The quantitative estimate of drug-likeness (QED) is 0.608. The van der Waals surface area contributed by atoms with Crippen molar-refractivity contribution < 1.29 is 0 Å². The van der Waals surface area contributed by atoms with E-state index in [-0.39, 0.29) is 0 Å². The van der Waals surface area contributed by atoms with Crippen LogP contribution in [0.25, 0.3) is 6.08 Å². The van der Waals surface area contributed by atoms with Crippen molar-refractivity contribution >= 4 is 6.08 Å². The van der Waals surface area contributed by atoms with Crippen molar-refractivity contribution in [3.63, 3.8) is 0 Å². The first-order valence-electron chi connectivity index (χ1n) is 5.74. The summed E-state index contributed by atoms with van der Waals surface area (Å²) >= 11 is 0. The van der Waals surface area contributed by atoms with E-state index in [1.54, 1.807) is 0 Å². The van der Waals surface area contributed by atoms with Gasteiger partial charge in [-0.05, 0) is 30.9 Å². The van der Waals surface area contributed by atoms with E-state index in [1.165, 1.54) is 17.5 Å². The molecule has 0 unspecified atom stereocenters. The third-order valence-corrected chi connectivity index (χ3v) is 2.38. The number of allylic oxidation sites excluding steroid dienone is 3. The topological polar surface area (TPSA) is 0 Å². The molecular weight excluding hydrogens is 180 g/mol. The molecule has 0 fully saturated rings. The number of unbranched alkanes of at least 4 members (excludes halogenated alkanes) is 1. The predicted molar refractivity (Wildman–Crippen MR) is 68.9 cm³/mol. The Labute approximate surface area is 93.3 Å². The molecule has 0 bridgehead atoms. The van der Waals surface area contributed by atoms with Crippen molar-refractivity contribution in [3.05, 3.63) is 53.6 Å². The number of benzene rings is 1. The number of rotatable bonds is 5. The Morgan fingerprint density at radius 1 is 1.13 bits per heavy atom. The van der Waals surface area contributed by atoms with Crippen LogP contribution in [0.1, 0.15) is 37.8 Å². The van der Waals surface area contributed by atoms with Crippen LogP contribution in [0.4, 0.5) is 0 Å². The van der Waals surface area contributed by atoms with Crippen LogP contribution < -0.4 is 0 Å². The highest BCUT2D eigenvalue weighted by Crippen LogP contribution is 2.12. The van der Waals surface area contributed by atoms with Gasteiger partial charge in [-0.25, -0.2) is 0 Å². The molecule has 0 atom stereocenters. The molecule has 0 amide bonds. The van der Waals surface area contributed by atoms with Gasteiger partial charge in [-0.15, -0.1) is 0 Å². The minimum Gasteiger partial charge on any atom is -0.0913 e. The molecule has 1 aromatic rings. The van der Waals surface area contributed by atoms with Gasteiger partial charge < -0.3 is 0 Å². The van der Waals surface area contributed by atoms with Crippen molar-refractivity contribution in [1.29, 1.82) is 0 Å². The van der Waals surface area contributed by atoms with Gasteiger partial charge in [0.15, 0.2) is 0 Å². The molecular formula is C15H20. The average Bonchev–Trinajstić information content (AvgIpc) is 2.28. The van der Waals surface area contributed by atoms with Gasteiger partial charge in [0, 0.05) is 0 Å². The second-order valence-electron chi connectivity index (χ2n) is 3.66. The lowest BCUT2D eigenvalue weighted by atomic mass is 10.0. The zero-order valence-corrected chi connectivity index (χ0v) is 9.74. The first kappa shape index (κ1) is 11.8. The van der Waals surface area contributed by atoms with Crippen molar-refractivity contribution in [1.82, 2.24) is 0 Å². The highest BCUT2D eigenvalue weighted by Gasteiger charge is 1.94. The van der Waals surface area contributed by atoms with Crippen LogP contribution in [0.5, 0.6) is 0 Å². The molecule has 1 aromatic carbocycles. The van der Waals surface area contributed by atoms with Crippen molar-refractivity contribution in [2.75, 3.05) is 0 Å². The van der Waals surface area contributed by atoms with Gasteiger partial charge in [0.2, 0.25) is 0 Å². The fraction of sp³-hybridized carbons (Fsp3) is 0.333. The molecule has 0 aromatic heterocycles. The summed E-state index contributed by atoms with van der Waals surface area (Å²) < 4.78 is 0. The van der Waals surface area contributed by atoms with Crippen molar-refractivity contribution in [3.8, 4) is 0 Å². The average molecular weight is 200 g/mol. The minimum absolute atomic E-state index is 1.03. The summed E-state index contributed by atoms with van der Waals surface area (Å²) in [5.41, 5.74) is 2.76. The summed E-state index contributed by atoms with van der Waals surface area (Å²) in [5, 5.41) is 0. The Morgan fingerprint density at radius 2 is 1.93 bits per heavy atom. The van der Waals surface area contributed by atoms with Crippen molar-refractivity contribution in [2.45, 2.75) is 33.1 Å². The molecule has 0 aliphatic heterocycles. The Bertz CT molecular complexity index is 332. The van der Waals surface area contributed by atoms with Crippen LogP contribution in [0.3, 0.4) is 0 Å². The van der Waals surface area contributed by atoms with E-state index in [2.05, 4.69) is 62.4 Å². The highest BCUT2D eigenvalue weighted by molar-refractivity contribution is 5.54. The molecule has 0 N–H and O–H groups in total. The second-order valence-corrected chi connectivity index (χ2v) is 3.66. The van der Waals surface area contributed by atoms with Crippen molar-refractivity contribution in [2.24, 2.45) is 0 Å². The zero-order valence-electron chi connectivity index (χ0n) is 9.74.